The predicted molar refractivity (Wildman–Crippen MR) is 75.7 cm³/mol. The fraction of sp³-hybridized carbons (Fsp3) is 0.188. The van der Waals surface area contributed by atoms with Crippen molar-refractivity contribution in [1.82, 2.24) is 4.90 Å². The fourth-order valence-electron chi connectivity index (χ4n) is 2.13. The number of likely N-dealkylation sites (N-methyl/N-ethyl adjacent to an activating group) is 1. The number of amides is 1. The van der Waals surface area contributed by atoms with E-state index in [1.807, 2.05) is 6.92 Å². The average molecular weight is 257 g/mol. The number of nitrogens with zero attached hydrogens (tertiary/aromatic N) is 1. The third kappa shape index (κ3) is 2.65. The van der Waals surface area contributed by atoms with E-state index in [1.165, 1.54) is 12.1 Å². The van der Waals surface area contributed by atoms with E-state index in [0.717, 1.165) is 5.57 Å². The quantitative estimate of drug-likeness (QED) is 0.769. The number of hydrogen-bond donors (Lipinski definition) is 0. The third-order valence-corrected chi connectivity index (χ3v) is 2.96. The van der Waals surface area contributed by atoms with E-state index < -0.39 is 0 Å². The standard InChI is InChI=1S/C16H16FNO/c1-11(2)10-18(3)16(19)14-8-9-15(17)13-7-5-4-6-12(13)14/h4-9H,1,10H2,2-3H3. The van der Waals surface area contributed by atoms with Crippen molar-refractivity contribution in [2.45, 2.75) is 6.92 Å². The predicted octanol–water partition coefficient (Wildman–Crippen LogP) is 3.63. The van der Waals surface area contributed by atoms with Gasteiger partial charge in [0.2, 0.25) is 0 Å². The number of benzene rings is 2. The van der Waals surface area contributed by atoms with Gasteiger partial charge in [-0.3, -0.25) is 4.79 Å². The van der Waals surface area contributed by atoms with Crippen LogP contribution in [0.15, 0.2) is 48.6 Å². The van der Waals surface area contributed by atoms with Crippen LogP contribution in [0.25, 0.3) is 10.8 Å². The van der Waals surface area contributed by atoms with Crippen LogP contribution in [-0.4, -0.2) is 24.4 Å². The first-order valence-corrected chi connectivity index (χ1v) is 6.08. The third-order valence-electron chi connectivity index (χ3n) is 2.96. The Labute approximate surface area is 112 Å². The summed E-state index contributed by atoms with van der Waals surface area (Å²) in [6.07, 6.45) is 0. The van der Waals surface area contributed by atoms with Crippen LogP contribution < -0.4 is 0 Å². The van der Waals surface area contributed by atoms with Crippen molar-refractivity contribution < 1.29 is 9.18 Å². The highest BCUT2D eigenvalue weighted by atomic mass is 19.1. The van der Waals surface area contributed by atoms with Gasteiger partial charge in [0.1, 0.15) is 5.82 Å². The monoisotopic (exact) mass is 257 g/mol. The van der Waals surface area contributed by atoms with E-state index in [2.05, 4.69) is 6.58 Å². The summed E-state index contributed by atoms with van der Waals surface area (Å²) in [5.74, 6) is -0.436. The number of carbonyl (C=O) groups is 1. The molecular formula is C16H16FNO. The highest BCUT2D eigenvalue weighted by Crippen LogP contribution is 2.22. The van der Waals surface area contributed by atoms with Crippen molar-refractivity contribution >= 4 is 16.7 Å². The number of rotatable bonds is 3. The molecule has 0 saturated carbocycles. The lowest BCUT2D eigenvalue weighted by Crippen LogP contribution is -2.28. The van der Waals surface area contributed by atoms with Crippen LogP contribution in [0.2, 0.25) is 0 Å². The van der Waals surface area contributed by atoms with Crippen LogP contribution in [0, 0.1) is 5.82 Å². The summed E-state index contributed by atoms with van der Waals surface area (Å²) in [5, 5.41) is 1.11. The maximum Gasteiger partial charge on any atom is 0.254 e. The Hall–Kier alpha value is -2.16. The lowest BCUT2D eigenvalue weighted by Gasteiger charge is -2.18. The van der Waals surface area contributed by atoms with Gasteiger partial charge in [0.25, 0.3) is 5.91 Å². The van der Waals surface area contributed by atoms with Gasteiger partial charge in [0, 0.05) is 24.5 Å². The van der Waals surface area contributed by atoms with Crippen molar-refractivity contribution in [3.63, 3.8) is 0 Å². The fourth-order valence-corrected chi connectivity index (χ4v) is 2.13. The number of hydrogen-bond acceptors (Lipinski definition) is 1. The molecule has 0 aliphatic rings. The zero-order valence-corrected chi connectivity index (χ0v) is 11.1. The normalized spacial score (nSPS) is 10.5. The zero-order valence-electron chi connectivity index (χ0n) is 11.1. The van der Waals surface area contributed by atoms with Gasteiger partial charge in [-0.15, -0.1) is 0 Å². The maximum atomic E-state index is 13.7. The van der Waals surface area contributed by atoms with Crippen LogP contribution in [0.1, 0.15) is 17.3 Å². The largest absolute Gasteiger partial charge is 0.338 e. The first-order valence-electron chi connectivity index (χ1n) is 6.08. The number of halogens is 1. The van der Waals surface area contributed by atoms with Crippen LogP contribution in [0.4, 0.5) is 4.39 Å². The Balaban J connectivity index is 2.48. The van der Waals surface area contributed by atoms with E-state index in [1.54, 1.807) is 36.2 Å². The van der Waals surface area contributed by atoms with Crippen molar-refractivity contribution in [3.05, 3.63) is 59.9 Å². The van der Waals surface area contributed by atoms with Crippen LogP contribution >= 0.6 is 0 Å². The molecule has 0 N–H and O–H groups in total. The molecule has 0 aliphatic carbocycles. The minimum atomic E-state index is -0.310. The summed E-state index contributed by atoms with van der Waals surface area (Å²) in [6.45, 7) is 6.15. The molecule has 0 spiro atoms. The molecule has 1 amide bonds. The van der Waals surface area contributed by atoms with E-state index in [9.17, 15) is 9.18 Å². The second-order valence-corrected chi connectivity index (χ2v) is 4.76. The van der Waals surface area contributed by atoms with E-state index in [-0.39, 0.29) is 11.7 Å². The molecule has 0 bridgehead atoms. The lowest BCUT2D eigenvalue weighted by atomic mass is 10.0. The lowest BCUT2D eigenvalue weighted by molar-refractivity contribution is 0.0809. The van der Waals surface area contributed by atoms with Gasteiger partial charge in [0.05, 0.1) is 0 Å². The second-order valence-electron chi connectivity index (χ2n) is 4.76. The first-order chi connectivity index (χ1) is 9.00. The summed E-state index contributed by atoms with van der Waals surface area (Å²) in [4.78, 5) is 14.0. The molecule has 0 heterocycles. The molecule has 0 unspecified atom stereocenters. The Morgan fingerprint density at radius 1 is 1.21 bits per heavy atom. The molecule has 0 aliphatic heterocycles. The van der Waals surface area contributed by atoms with Gasteiger partial charge in [-0.1, -0.05) is 36.4 Å². The highest BCUT2D eigenvalue weighted by Gasteiger charge is 2.15. The van der Waals surface area contributed by atoms with E-state index in [0.29, 0.717) is 22.9 Å². The number of fused-ring (bicyclic) bond motifs is 1. The zero-order chi connectivity index (χ0) is 14.0. The molecule has 2 aromatic rings. The Kier molecular flexibility index (Phi) is 3.65. The molecule has 3 heteroatoms. The van der Waals surface area contributed by atoms with Crippen molar-refractivity contribution in [2.75, 3.05) is 13.6 Å². The minimum absolute atomic E-state index is 0.126. The Morgan fingerprint density at radius 2 is 1.84 bits per heavy atom. The molecule has 0 atom stereocenters. The number of carbonyl (C=O) groups excluding carboxylic acids is 1. The van der Waals surface area contributed by atoms with Gasteiger partial charge in [-0.25, -0.2) is 4.39 Å². The average Bonchev–Trinajstić information content (AvgIpc) is 2.38. The van der Waals surface area contributed by atoms with Gasteiger partial charge < -0.3 is 4.90 Å². The molecule has 2 rings (SSSR count). The van der Waals surface area contributed by atoms with Crippen LogP contribution in [0.3, 0.4) is 0 Å². The van der Waals surface area contributed by atoms with Crippen molar-refractivity contribution in [3.8, 4) is 0 Å². The summed E-state index contributed by atoms with van der Waals surface area (Å²) in [5.41, 5.74) is 1.42. The summed E-state index contributed by atoms with van der Waals surface area (Å²) in [6, 6.07) is 9.88. The Bertz CT molecular complexity index is 648. The van der Waals surface area contributed by atoms with E-state index >= 15 is 0 Å². The molecule has 0 fully saturated rings. The second kappa shape index (κ2) is 5.22. The van der Waals surface area contributed by atoms with Gasteiger partial charge in [-0.2, -0.15) is 0 Å². The molecule has 2 aromatic carbocycles. The highest BCUT2D eigenvalue weighted by molar-refractivity contribution is 6.07. The Morgan fingerprint density at radius 3 is 2.47 bits per heavy atom. The molecule has 19 heavy (non-hydrogen) atoms. The first kappa shape index (κ1) is 13.3. The molecular weight excluding hydrogens is 241 g/mol. The summed E-state index contributed by atoms with van der Waals surface area (Å²) >= 11 is 0. The van der Waals surface area contributed by atoms with Gasteiger partial charge >= 0.3 is 0 Å². The summed E-state index contributed by atoms with van der Waals surface area (Å²) in [7, 11) is 1.72. The molecule has 0 aromatic heterocycles. The van der Waals surface area contributed by atoms with Crippen LogP contribution in [0.5, 0.6) is 0 Å². The summed E-state index contributed by atoms with van der Waals surface area (Å²) < 4.78 is 13.7. The topological polar surface area (TPSA) is 20.3 Å². The SMILES string of the molecule is C=C(C)CN(C)C(=O)c1ccc(F)c2ccccc12. The molecule has 0 radical (unpaired) electrons. The maximum absolute atomic E-state index is 13.7. The molecule has 0 saturated heterocycles. The minimum Gasteiger partial charge on any atom is -0.338 e. The molecule has 2 nitrogen and oxygen atoms in total. The smallest absolute Gasteiger partial charge is 0.254 e. The van der Waals surface area contributed by atoms with Gasteiger partial charge in [-0.05, 0) is 24.4 Å². The molecule has 98 valence electrons. The van der Waals surface area contributed by atoms with Crippen molar-refractivity contribution in [2.24, 2.45) is 0 Å². The van der Waals surface area contributed by atoms with Gasteiger partial charge in [0.15, 0.2) is 0 Å². The van der Waals surface area contributed by atoms with E-state index in [4.69, 9.17) is 0 Å². The van der Waals surface area contributed by atoms with Crippen LogP contribution in [-0.2, 0) is 0 Å². The van der Waals surface area contributed by atoms with Crippen molar-refractivity contribution in [1.29, 1.82) is 0 Å².